The van der Waals surface area contributed by atoms with Crippen LogP contribution in [-0.2, 0) is 6.54 Å². The van der Waals surface area contributed by atoms with Crippen molar-refractivity contribution in [3.8, 4) is 34.3 Å². The molecule has 1 aliphatic heterocycles. The van der Waals surface area contributed by atoms with Gasteiger partial charge in [0.25, 0.3) is 0 Å². The third-order valence-electron chi connectivity index (χ3n) is 7.75. The Kier molecular flexibility index (Phi) is 8.20. The summed E-state index contributed by atoms with van der Waals surface area (Å²) in [7, 11) is 0. The van der Waals surface area contributed by atoms with Gasteiger partial charge in [-0.3, -0.25) is 9.97 Å². The highest BCUT2D eigenvalue weighted by molar-refractivity contribution is 7.19. The van der Waals surface area contributed by atoms with Gasteiger partial charge in [0.2, 0.25) is 6.79 Å². The molecule has 46 heavy (non-hydrogen) atoms. The summed E-state index contributed by atoms with van der Waals surface area (Å²) < 4.78 is 10.9. The van der Waals surface area contributed by atoms with E-state index in [1.54, 1.807) is 47.5 Å². The SMILES string of the molecule is Cc1sc2nc(-c3cccnc3)nc(Cl)c2c1C.Cc1sc2nc(-c3cccnc3)nc(NCc3ccc4c(c3)OCO4)c2c1C. The molecule has 8 rings (SSSR count). The summed E-state index contributed by atoms with van der Waals surface area (Å²) in [5.41, 5.74) is 5.26. The Bertz CT molecular complexity index is 2210. The van der Waals surface area contributed by atoms with Crippen molar-refractivity contribution in [1.82, 2.24) is 29.9 Å². The molecular weight excluding hydrogens is 638 g/mol. The lowest BCUT2D eigenvalue weighted by Gasteiger charge is -2.10. The van der Waals surface area contributed by atoms with Gasteiger partial charge in [-0.1, -0.05) is 17.7 Å². The maximum atomic E-state index is 6.27. The van der Waals surface area contributed by atoms with E-state index in [9.17, 15) is 0 Å². The van der Waals surface area contributed by atoms with Gasteiger partial charge in [0.1, 0.15) is 20.6 Å². The molecule has 0 spiro atoms. The average molecular weight is 666 g/mol. The lowest BCUT2D eigenvalue weighted by atomic mass is 10.1. The minimum Gasteiger partial charge on any atom is -0.454 e. The second kappa shape index (κ2) is 12.6. The zero-order chi connectivity index (χ0) is 31.8. The second-order valence-corrected chi connectivity index (χ2v) is 13.4. The lowest BCUT2D eigenvalue weighted by molar-refractivity contribution is 0.174. The van der Waals surface area contributed by atoms with E-state index >= 15 is 0 Å². The molecule has 9 nitrogen and oxygen atoms in total. The molecular formula is C34H28ClN7O2S2. The molecule has 12 heteroatoms. The van der Waals surface area contributed by atoms with Gasteiger partial charge >= 0.3 is 0 Å². The first kappa shape index (κ1) is 30.0. The molecule has 0 aliphatic carbocycles. The summed E-state index contributed by atoms with van der Waals surface area (Å²) in [4.78, 5) is 31.2. The monoisotopic (exact) mass is 665 g/mol. The fourth-order valence-corrected chi connectivity index (χ4v) is 7.49. The smallest absolute Gasteiger partial charge is 0.231 e. The standard InChI is InChI=1S/C21H18N4O2S.C13H10ClN3S/c1-12-13(2)28-21-18(12)20(24-19(25-21)15-4-3-7-22-10-15)23-9-14-5-6-16-17(8-14)27-11-26-16;1-7-8(2)18-13-10(7)11(14)16-12(17-13)9-4-3-5-15-6-9/h3-8,10H,9,11H2,1-2H3,(H,23,24,25);3-6H,1-2H3. The van der Waals surface area contributed by atoms with Gasteiger partial charge in [0.15, 0.2) is 23.1 Å². The van der Waals surface area contributed by atoms with Crippen molar-refractivity contribution in [1.29, 1.82) is 0 Å². The normalized spacial score (nSPS) is 11.9. The summed E-state index contributed by atoms with van der Waals surface area (Å²) >= 11 is 9.60. The molecule has 7 heterocycles. The van der Waals surface area contributed by atoms with Crippen LogP contribution in [0.15, 0.2) is 67.3 Å². The highest BCUT2D eigenvalue weighted by Crippen LogP contribution is 2.37. The van der Waals surface area contributed by atoms with Crippen LogP contribution in [0.25, 0.3) is 43.2 Å². The summed E-state index contributed by atoms with van der Waals surface area (Å²) in [5.74, 6) is 3.71. The first-order valence-corrected chi connectivity index (χ1v) is 16.5. The number of aromatic nitrogens is 6. The molecule has 1 aliphatic rings. The molecule has 0 saturated heterocycles. The number of aryl methyl sites for hydroxylation is 4. The van der Waals surface area contributed by atoms with Crippen LogP contribution in [-0.4, -0.2) is 36.7 Å². The molecule has 0 radical (unpaired) electrons. The molecule has 1 N–H and O–H groups in total. The molecule has 230 valence electrons. The van der Waals surface area contributed by atoms with Crippen LogP contribution in [0.5, 0.6) is 11.5 Å². The summed E-state index contributed by atoms with van der Waals surface area (Å²) in [6.45, 7) is 9.26. The number of anilines is 1. The van der Waals surface area contributed by atoms with Crippen molar-refractivity contribution in [2.24, 2.45) is 0 Å². The quantitative estimate of drug-likeness (QED) is 0.181. The van der Waals surface area contributed by atoms with Crippen molar-refractivity contribution in [2.75, 3.05) is 12.1 Å². The highest BCUT2D eigenvalue weighted by Gasteiger charge is 2.17. The zero-order valence-electron chi connectivity index (χ0n) is 25.5. The number of nitrogens with one attached hydrogen (secondary N) is 1. The first-order chi connectivity index (χ1) is 22.4. The number of nitrogens with zero attached hydrogens (tertiary/aromatic N) is 6. The molecule has 0 fully saturated rings. The fraction of sp³-hybridized carbons (Fsp3) is 0.176. The van der Waals surface area contributed by atoms with Crippen molar-refractivity contribution < 1.29 is 9.47 Å². The maximum Gasteiger partial charge on any atom is 0.231 e. The van der Waals surface area contributed by atoms with Gasteiger partial charge in [-0.15, -0.1) is 22.7 Å². The number of benzene rings is 1. The Labute approximate surface area is 278 Å². The van der Waals surface area contributed by atoms with Crippen molar-refractivity contribution in [2.45, 2.75) is 34.2 Å². The molecule has 0 saturated carbocycles. The molecule has 0 atom stereocenters. The highest BCUT2D eigenvalue weighted by atomic mass is 35.5. The number of hydrogen-bond donors (Lipinski definition) is 1. The van der Waals surface area contributed by atoms with E-state index in [0.717, 1.165) is 60.0 Å². The van der Waals surface area contributed by atoms with Gasteiger partial charge in [-0.05, 0) is 80.8 Å². The molecule has 0 unspecified atom stereocenters. The predicted octanol–water partition coefficient (Wildman–Crippen LogP) is 8.73. The van der Waals surface area contributed by atoms with Crippen LogP contribution in [0.1, 0.15) is 26.4 Å². The van der Waals surface area contributed by atoms with E-state index in [1.807, 2.05) is 49.4 Å². The molecule has 0 bridgehead atoms. The predicted molar refractivity (Wildman–Crippen MR) is 185 cm³/mol. The van der Waals surface area contributed by atoms with Crippen LogP contribution in [0.2, 0.25) is 5.15 Å². The summed E-state index contributed by atoms with van der Waals surface area (Å²) in [5, 5.41) is 6.06. The summed E-state index contributed by atoms with van der Waals surface area (Å²) in [6, 6.07) is 13.6. The largest absolute Gasteiger partial charge is 0.454 e. The Hall–Kier alpha value is -4.71. The Morgan fingerprint density at radius 3 is 2.00 bits per heavy atom. The number of thiophene rings is 2. The van der Waals surface area contributed by atoms with Gasteiger partial charge in [-0.2, -0.15) is 0 Å². The second-order valence-electron chi connectivity index (χ2n) is 10.7. The Morgan fingerprint density at radius 2 is 1.35 bits per heavy atom. The molecule has 1 aromatic carbocycles. The van der Waals surface area contributed by atoms with Crippen LogP contribution >= 0.6 is 34.3 Å². The van der Waals surface area contributed by atoms with Crippen molar-refractivity contribution >= 4 is 60.5 Å². The first-order valence-electron chi connectivity index (χ1n) is 14.5. The van der Waals surface area contributed by atoms with E-state index < -0.39 is 0 Å². The maximum absolute atomic E-state index is 6.27. The zero-order valence-corrected chi connectivity index (χ0v) is 27.8. The van der Waals surface area contributed by atoms with Gasteiger partial charge in [0.05, 0.1) is 10.8 Å². The van der Waals surface area contributed by atoms with E-state index in [-0.39, 0.29) is 6.79 Å². The van der Waals surface area contributed by atoms with Crippen LogP contribution in [0.4, 0.5) is 5.82 Å². The number of fused-ring (bicyclic) bond motifs is 3. The fourth-order valence-electron chi connectivity index (χ4n) is 5.06. The topological polar surface area (TPSA) is 108 Å². The van der Waals surface area contributed by atoms with E-state index in [2.05, 4.69) is 46.0 Å². The molecule has 0 amide bonds. The third-order valence-corrected chi connectivity index (χ3v) is 10.2. The number of halogens is 1. The third kappa shape index (κ3) is 5.84. The van der Waals surface area contributed by atoms with E-state index in [4.69, 9.17) is 31.0 Å². The Balaban J connectivity index is 0.000000162. The molecule has 6 aromatic heterocycles. The Morgan fingerprint density at radius 1 is 0.739 bits per heavy atom. The van der Waals surface area contributed by atoms with Gasteiger partial charge in [0, 0.05) is 52.2 Å². The van der Waals surface area contributed by atoms with E-state index in [1.165, 1.54) is 15.3 Å². The number of rotatable bonds is 5. The number of ether oxygens (including phenoxy) is 2. The van der Waals surface area contributed by atoms with E-state index in [0.29, 0.717) is 23.3 Å². The van der Waals surface area contributed by atoms with Gasteiger partial charge < -0.3 is 14.8 Å². The van der Waals surface area contributed by atoms with Crippen LogP contribution in [0, 0.1) is 27.7 Å². The number of hydrogen-bond acceptors (Lipinski definition) is 11. The van der Waals surface area contributed by atoms with Crippen molar-refractivity contribution in [3.05, 3.63) is 98.8 Å². The van der Waals surface area contributed by atoms with Gasteiger partial charge in [-0.25, -0.2) is 19.9 Å². The minimum atomic E-state index is 0.278. The summed E-state index contributed by atoms with van der Waals surface area (Å²) in [6.07, 6.45) is 7.00. The minimum absolute atomic E-state index is 0.278. The number of pyridine rings is 2. The van der Waals surface area contributed by atoms with Crippen LogP contribution in [0.3, 0.4) is 0 Å². The molecule has 7 aromatic rings. The van der Waals surface area contributed by atoms with Crippen molar-refractivity contribution in [3.63, 3.8) is 0 Å². The lowest BCUT2D eigenvalue weighted by Crippen LogP contribution is -2.04. The average Bonchev–Trinajstić information content (AvgIpc) is 3.75. The van der Waals surface area contributed by atoms with Crippen LogP contribution < -0.4 is 14.8 Å².